The summed E-state index contributed by atoms with van der Waals surface area (Å²) in [6, 6.07) is 0.903. The average Bonchev–Trinajstić information content (AvgIpc) is 3.40. The Kier molecular flexibility index (Phi) is 5.77. The SMILES string of the molecule is N#C[C@@H](C[C@H]1CCNC1=O)NC(=O)[C@@H](CC1CC1)N1CCC2(CCCCN2)C1=O. The van der Waals surface area contributed by atoms with Gasteiger partial charge in [0.2, 0.25) is 17.7 Å². The highest BCUT2D eigenvalue weighted by Gasteiger charge is 2.50. The molecule has 0 aromatic rings. The number of likely N-dealkylation sites (tertiary alicyclic amines) is 1. The van der Waals surface area contributed by atoms with E-state index in [1.54, 1.807) is 4.90 Å². The number of nitrogens with zero attached hydrogens (tertiary/aromatic N) is 2. The van der Waals surface area contributed by atoms with Crippen molar-refractivity contribution < 1.29 is 14.4 Å². The van der Waals surface area contributed by atoms with Gasteiger partial charge >= 0.3 is 0 Å². The van der Waals surface area contributed by atoms with Gasteiger partial charge < -0.3 is 20.9 Å². The van der Waals surface area contributed by atoms with Crippen molar-refractivity contribution in [2.45, 2.75) is 75.4 Å². The molecule has 3 saturated heterocycles. The van der Waals surface area contributed by atoms with Gasteiger partial charge in [0.05, 0.1) is 11.6 Å². The van der Waals surface area contributed by atoms with Crippen LogP contribution >= 0.6 is 0 Å². The number of hydrogen-bond acceptors (Lipinski definition) is 5. The fourth-order valence-electron chi connectivity index (χ4n) is 5.07. The van der Waals surface area contributed by atoms with Crippen molar-refractivity contribution in [1.82, 2.24) is 20.9 Å². The topological polar surface area (TPSA) is 114 Å². The molecule has 3 amide bonds. The first-order valence-electron chi connectivity index (χ1n) is 11.1. The molecule has 4 fully saturated rings. The van der Waals surface area contributed by atoms with Crippen molar-refractivity contribution in [3.8, 4) is 6.07 Å². The summed E-state index contributed by atoms with van der Waals surface area (Å²) in [4.78, 5) is 40.0. The Bertz CT molecular complexity index is 708. The second kappa shape index (κ2) is 8.31. The second-order valence-electron chi connectivity index (χ2n) is 9.11. The first-order valence-corrected chi connectivity index (χ1v) is 11.1. The van der Waals surface area contributed by atoms with E-state index in [1.165, 1.54) is 0 Å². The summed E-state index contributed by atoms with van der Waals surface area (Å²) in [5.74, 6) is -0.000623. The van der Waals surface area contributed by atoms with E-state index in [2.05, 4.69) is 22.0 Å². The lowest BCUT2D eigenvalue weighted by atomic mass is 9.87. The minimum absolute atomic E-state index is 0.0432. The van der Waals surface area contributed by atoms with Crippen molar-refractivity contribution in [2.24, 2.45) is 11.8 Å². The first-order chi connectivity index (χ1) is 14.0. The molecule has 1 aliphatic carbocycles. The summed E-state index contributed by atoms with van der Waals surface area (Å²) in [6.45, 7) is 2.05. The van der Waals surface area contributed by atoms with Crippen LogP contribution in [-0.2, 0) is 14.4 Å². The number of nitrogens with one attached hydrogen (secondary N) is 3. The molecule has 4 aliphatic rings. The van der Waals surface area contributed by atoms with Crippen LogP contribution in [0.1, 0.15) is 57.8 Å². The van der Waals surface area contributed by atoms with E-state index >= 15 is 0 Å². The van der Waals surface area contributed by atoms with Gasteiger partial charge in [0, 0.05) is 19.0 Å². The molecular formula is C21H31N5O3. The summed E-state index contributed by atoms with van der Waals surface area (Å²) in [5.41, 5.74) is -0.503. The maximum atomic E-state index is 13.3. The highest BCUT2D eigenvalue weighted by molar-refractivity contribution is 5.94. The summed E-state index contributed by atoms with van der Waals surface area (Å²) in [5, 5.41) is 18.6. The third-order valence-corrected chi connectivity index (χ3v) is 7.03. The molecular weight excluding hydrogens is 370 g/mol. The summed E-state index contributed by atoms with van der Waals surface area (Å²) >= 11 is 0. The molecule has 0 bridgehead atoms. The zero-order chi connectivity index (χ0) is 20.4. The van der Waals surface area contributed by atoms with Gasteiger partial charge in [0.15, 0.2) is 0 Å². The molecule has 1 saturated carbocycles. The Balaban J connectivity index is 1.43. The van der Waals surface area contributed by atoms with E-state index < -0.39 is 17.6 Å². The summed E-state index contributed by atoms with van der Waals surface area (Å²) in [7, 11) is 0. The highest BCUT2D eigenvalue weighted by atomic mass is 16.2. The van der Waals surface area contributed by atoms with Gasteiger partial charge in [0.1, 0.15) is 12.1 Å². The monoisotopic (exact) mass is 401 g/mol. The molecule has 3 aliphatic heterocycles. The number of nitriles is 1. The standard InChI is InChI=1S/C21H31N5O3/c22-13-16(12-15-5-9-23-18(15)27)25-19(28)17(11-14-3-4-14)26-10-7-21(20(26)29)6-1-2-8-24-21/h14-17,24H,1-12H2,(H,23,27)(H,25,28)/t15-,16-,17-,21?/m1/s1. The molecule has 0 aromatic heterocycles. The normalized spacial score (nSPS) is 31.4. The third kappa shape index (κ3) is 4.25. The van der Waals surface area contributed by atoms with E-state index in [9.17, 15) is 19.6 Å². The number of carbonyl (C=O) groups is 3. The molecule has 8 nitrogen and oxygen atoms in total. The van der Waals surface area contributed by atoms with E-state index in [4.69, 9.17) is 0 Å². The van der Waals surface area contributed by atoms with E-state index in [1.807, 2.05) is 0 Å². The molecule has 8 heteroatoms. The Morgan fingerprint density at radius 3 is 2.66 bits per heavy atom. The predicted octanol–water partition coefficient (Wildman–Crippen LogP) is 0.434. The van der Waals surface area contributed by atoms with Crippen LogP contribution in [0.3, 0.4) is 0 Å². The number of amides is 3. The maximum Gasteiger partial charge on any atom is 0.243 e. The van der Waals surface area contributed by atoms with Gasteiger partial charge in [-0.1, -0.05) is 12.8 Å². The minimum Gasteiger partial charge on any atom is -0.356 e. The Morgan fingerprint density at radius 2 is 2.03 bits per heavy atom. The van der Waals surface area contributed by atoms with Crippen LogP contribution in [0.2, 0.25) is 0 Å². The Hall–Kier alpha value is -2.14. The van der Waals surface area contributed by atoms with E-state index in [-0.39, 0.29) is 23.6 Å². The van der Waals surface area contributed by atoms with Crippen LogP contribution in [0.4, 0.5) is 0 Å². The number of hydrogen-bond donors (Lipinski definition) is 3. The van der Waals surface area contributed by atoms with E-state index in [0.717, 1.165) is 45.1 Å². The van der Waals surface area contributed by atoms with Gasteiger partial charge in [-0.2, -0.15) is 5.26 Å². The minimum atomic E-state index is -0.711. The van der Waals surface area contributed by atoms with Crippen molar-refractivity contribution >= 4 is 17.7 Å². The van der Waals surface area contributed by atoms with Crippen LogP contribution in [0.25, 0.3) is 0 Å². The smallest absolute Gasteiger partial charge is 0.243 e. The van der Waals surface area contributed by atoms with Gasteiger partial charge in [-0.05, 0) is 57.4 Å². The van der Waals surface area contributed by atoms with Crippen molar-refractivity contribution in [1.29, 1.82) is 5.26 Å². The maximum absolute atomic E-state index is 13.3. The fraction of sp³-hybridized carbons (Fsp3) is 0.810. The second-order valence-corrected chi connectivity index (χ2v) is 9.11. The largest absolute Gasteiger partial charge is 0.356 e. The summed E-state index contributed by atoms with van der Waals surface area (Å²) in [6.07, 6.45) is 7.56. The van der Waals surface area contributed by atoms with Gasteiger partial charge in [0.25, 0.3) is 0 Å². The lowest BCUT2D eigenvalue weighted by molar-refractivity contribution is -0.142. The quantitative estimate of drug-likeness (QED) is 0.573. The lowest BCUT2D eigenvalue weighted by Crippen LogP contribution is -2.57. The Labute approximate surface area is 171 Å². The molecule has 1 unspecified atom stereocenters. The predicted molar refractivity (Wildman–Crippen MR) is 105 cm³/mol. The Morgan fingerprint density at radius 1 is 1.21 bits per heavy atom. The molecule has 0 radical (unpaired) electrons. The molecule has 3 heterocycles. The molecule has 0 aromatic carbocycles. The molecule has 3 N–H and O–H groups in total. The van der Waals surface area contributed by atoms with Gasteiger partial charge in [-0.25, -0.2) is 0 Å². The average molecular weight is 402 g/mol. The molecule has 4 atom stereocenters. The highest BCUT2D eigenvalue weighted by Crippen LogP contribution is 2.38. The number of carbonyl (C=O) groups excluding carboxylic acids is 3. The molecule has 158 valence electrons. The first kappa shape index (κ1) is 20.1. The van der Waals surface area contributed by atoms with Crippen molar-refractivity contribution in [3.05, 3.63) is 0 Å². The zero-order valence-electron chi connectivity index (χ0n) is 16.9. The van der Waals surface area contributed by atoms with Gasteiger partial charge in [-0.3, -0.25) is 14.4 Å². The molecule has 29 heavy (non-hydrogen) atoms. The van der Waals surface area contributed by atoms with Crippen LogP contribution < -0.4 is 16.0 Å². The van der Waals surface area contributed by atoms with Crippen LogP contribution in [0, 0.1) is 23.2 Å². The van der Waals surface area contributed by atoms with E-state index in [0.29, 0.717) is 38.3 Å². The third-order valence-electron chi connectivity index (χ3n) is 7.03. The van der Waals surface area contributed by atoms with Crippen molar-refractivity contribution in [2.75, 3.05) is 19.6 Å². The number of piperidine rings is 1. The summed E-state index contributed by atoms with van der Waals surface area (Å²) < 4.78 is 0. The molecule has 4 rings (SSSR count). The zero-order valence-corrected chi connectivity index (χ0v) is 16.9. The lowest BCUT2D eigenvalue weighted by Gasteiger charge is -2.35. The number of rotatable bonds is 7. The van der Waals surface area contributed by atoms with Crippen LogP contribution in [0.5, 0.6) is 0 Å². The van der Waals surface area contributed by atoms with Crippen LogP contribution in [0.15, 0.2) is 0 Å². The van der Waals surface area contributed by atoms with Crippen LogP contribution in [-0.4, -0.2) is 59.9 Å². The van der Waals surface area contributed by atoms with Gasteiger partial charge in [-0.15, -0.1) is 0 Å². The fourth-order valence-corrected chi connectivity index (χ4v) is 5.07. The van der Waals surface area contributed by atoms with Crippen molar-refractivity contribution in [3.63, 3.8) is 0 Å². The molecule has 1 spiro atoms.